The zero-order valence-electron chi connectivity index (χ0n) is 13.9. The summed E-state index contributed by atoms with van der Waals surface area (Å²) in [5.74, 6) is 0.251. The number of amides is 2. The quantitative estimate of drug-likeness (QED) is 0.851. The van der Waals surface area contributed by atoms with Crippen molar-refractivity contribution in [2.24, 2.45) is 0 Å². The van der Waals surface area contributed by atoms with Crippen molar-refractivity contribution in [2.45, 2.75) is 89.3 Å². The summed E-state index contributed by atoms with van der Waals surface area (Å²) < 4.78 is 0. The van der Waals surface area contributed by atoms with Gasteiger partial charge in [-0.05, 0) is 46.0 Å². The zero-order chi connectivity index (χ0) is 15.7. The van der Waals surface area contributed by atoms with Gasteiger partial charge in [-0.25, -0.2) is 5.01 Å². The van der Waals surface area contributed by atoms with Gasteiger partial charge in [0.2, 0.25) is 11.8 Å². The van der Waals surface area contributed by atoms with Crippen LogP contribution in [-0.2, 0) is 9.59 Å². The van der Waals surface area contributed by atoms with Crippen molar-refractivity contribution in [3.8, 4) is 0 Å². The summed E-state index contributed by atoms with van der Waals surface area (Å²) in [7, 11) is 0. The predicted octanol–water partition coefficient (Wildman–Crippen LogP) is 2.22. The molecular formula is C17H29N3O2. The monoisotopic (exact) mass is 307 g/mol. The Kier molecular flexibility index (Phi) is 4.44. The molecule has 0 bridgehead atoms. The molecule has 5 nitrogen and oxygen atoms in total. The lowest BCUT2D eigenvalue weighted by atomic mass is 9.79. The smallest absolute Gasteiger partial charge is 0.239 e. The molecule has 124 valence electrons. The van der Waals surface area contributed by atoms with Gasteiger partial charge in [-0.1, -0.05) is 19.3 Å². The van der Waals surface area contributed by atoms with Gasteiger partial charge in [0.15, 0.2) is 0 Å². The van der Waals surface area contributed by atoms with E-state index in [9.17, 15) is 9.59 Å². The Morgan fingerprint density at radius 1 is 1.14 bits per heavy atom. The highest BCUT2D eigenvalue weighted by Crippen LogP contribution is 2.38. The topological polar surface area (TPSA) is 52.7 Å². The van der Waals surface area contributed by atoms with E-state index in [-0.39, 0.29) is 17.4 Å². The minimum absolute atomic E-state index is 0.0782. The molecule has 22 heavy (non-hydrogen) atoms. The van der Waals surface area contributed by atoms with E-state index in [1.54, 1.807) is 0 Å². The molecule has 0 aromatic rings. The van der Waals surface area contributed by atoms with E-state index in [0.29, 0.717) is 25.0 Å². The fourth-order valence-corrected chi connectivity index (χ4v) is 4.70. The molecule has 0 aromatic carbocycles. The maximum Gasteiger partial charge on any atom is 0.239 e. The van der Waals surface area contributed by atoms with Crippen LogP contribution in [0.3, 0.4) is 0 Å². The largest absolute Gasteiger partial charge is 0.336 e. The number of carbonyl (C=O) groups is 2. The summed E-state index contributed by atoms with van der Waals surface area (Å²) in [5, 5.41) is 1.98. The van der Waals surface area contributed by atoms with Crippen molar-refractivity contribution in [1.29, 1.82) is 0 Å². The highest BCUT2D eigenvalue weighted by molar-refractivity contribution is 5.83. The minimum Gasteiger partial charge on any atom is -0.336 e. The van der Waals surface area contributed by atoms with Crippen molar-refractivity contribution in [3.63, 3.8) is 0 Å². The number of rotatable bonds is 2. The molecule has 2 amide bonds. The van der Waals surface area contributed by atoms with Gasteiger partial charge in [0.05, 0.1) is 6.54 Å². The molecule has 0 unspecified atom stereocenters. The van der Waals surface area contributed by atoms with Gasteiger partial charge in [-0.3, -0.25) is 15.0 Å². The maximum absolute atomic E-state index is 12.8. The van der Waals surface area contributed by atoms with Gasteiger partial charge in [0.25, 0.3) is 0 Å². The van der Waals surface area contributed by atoms with E-state index in [4.69, 9.17) is 0 Å². The summed E-state index contributed by atoms with van der Waals surface area (Å²) in [6, 6.07) is 0.633. The molecule has 1 saturated carbocycles. The predicted molar refractivity (Wildman–Crippen MR) is 84.9 cm³/mol. The van der Waals surface area contributed by atoms with Crippen molar-refractivity contribution < 1.29 is 9.59 Å². The normalized spacial score (nSPS) is 32.3. The first-order valence-electron chi connectivity index (χ1n) is 8.90. The molecule has 2 heterocycles. The summed E-state index contributed by atoms with van der Waals surface area (Å²) >= 11 is 0. The van der Waals surface area contributed by atoms with E-state index >= 15 is 0 Å². The minimum atomic E-state index is -0.104. The first-order chi connectivity index (χ1) is 10.5. The molecule has 3 aliphatic rings. The third-order valence-electron chi connectivity index (χ3n) is 5.88. The molecule has 2 saturated heterocycles. The van der Waals surface area contributed by atoms with Gasteiger partial charge in [0.1, 0.15) is 0 Å². The molecular weight excluding hydrogens is 278 g/mol. The van der Waals surface area contributed by atoms with Gasteiger partial charge < -0.3 is 4.90 Å². The Labute approximate surface area is 133 Å². The van der Waals surface area contributed by atoms with Crippen LogP contribution in [0.5, 0.6) is 0 Å². The number of hydrogen-bond acceptors (Lipinski definition) is 3. The first kappa shape index (κ1) is 15.8. The fraction of sp³-hybridized carbons (Fsp3) is 0.882. The highest BCUT2D eigenvalue weighted by atomic mass is 16.2. The lowest BCUT2D eigenvalue weighted by Gasteiger charge is -2.43. The van der Waals surface area contributed by atoms with E-state index in [1.165, 1.54) is 12.8 Å². The van der Waals surface area contributed by atoms with Crippen LogP contribution in [0.2, 0.25) is 0 Å². The maximum atomic E-state index is 12.8. The van der Waals surface area contributed by atoms with Crippen LogP contribution in [-0.4, -0.2) is 45.9 Å². The number of nitrogens with one attached hydrogen (secondary N) is 1. The Hall–Kier alpha value is -1.10. The van der Waals surface area contributed by atoms with Gasteiger partial charge >= 0.3 is 0 Å². The second kappa shape index (κ2) is 6.19. The Morgan fingerprint density at radius 2 is 1.77 bits per heavy atom. The van der Waals surface area contributed by atoms with E-state index in [0.717, 1.165) is 38.5 Å². The molecule has 0 aromatic heterocycles. The van der Waals surface area contributed by atoms with Crippen LogP contribution in [0.4, 0.5) is 0 Å². The third kappa shape index (κ3) is 2.87. The summed E-state index contributed by atoms with van der Waals surface area (Å²) in [4.78, 5) is 26.8. The zero-order valence-corrected chi connectivity index (χ0v) is 13.9. The molecule has 2 aliphatic heterocycles. The van der Waals surface area contributed by atoms with E-state index in [1.807, 2.05) is 9.91 Å². The van der Waals surface area contributed by atoms with Crippen LogP contribution in [0.1, 0.15) is 71.6 Å². The summed E-state index contributed by atoms with van der Waals surface area (Å²) in [6.45, 7) is 4.62. The second-order valence-electron chi connectivity index (χ2n) is 7.51. The van der Waals surface area contributed by atoms with E-state index < -0.39 is 0 Å². The van der Waals surface area contributed by atoms with Crippen molar-refractivity contribution in [3.05, 3.63) is 0 Å². The fourth-order valence-electron chi connectivity index (χ4n) is 4.70. The molecule has 2 atom stereocenters. The SMILES string of the molecule is C[C@@H]1CCC[C@H](C)N1C(=O)CN1NC(=O)CC12CCCCC2. The molecule has 5 heteroatoms. The van der Waals surface area contributed by atoms with Crippen LogP contribution < -0.4 is 5.43 Å². The number of piperidine rings is 1. The average molecular weight is 307 g/mol. The number of nitrogens with zero attached hydrogens (tertiary/aromatic N) is 2. The molecule has 3 fully saturated rings. The second-order valence-corrected chi connectivity index (χ2v) is 7.51. The van der Waals surface area contributed by atoms with Crippen LogP contribution >= 0.6 is 0 Å². The molecule has 1 aliphatic carbocycles. The third-order valence-corrected chi connectivity index (χ3v) is 5.88. The van der Waals surface area contributed by atoms with Crippen LogP contribution in [0.15, 0.2) is 0 Å². The van der Waals surface area contributed by atoms with Crippen molar-refractivity contribution >= 4 is 11.8 Å². The van der Waals surface area contributed by atoms with Gasteiger partial charge in [0, 0.05) is 24.0 Å². The van der Waals surface area contributed by atoms with Gasteiger partial charge in [-0.15, -0.1) is 0 Å². The summed E-state index contributed by atoms with van der Waals surface area (Å²) in [5.41, 5.74) is 2.86. The number of hydrogen-bond donors (Lipinski definition) is 1. The lowest BCUT2D eigenvalue weighted by Crippen LogP contribution is -2.57. The number of hydrazine groups is 1. The van der Waals surface area contributed by atoms with Crippen molar-refractivity contribution in [2.75, 3.05) is 6.54 Å². The Balaban J connectivity index is 1.70. The summed E-state index contributed by atoms with van der Waals surface area (Å²) in [6.07, 6.45) is 9.58. The molecule has 1 N–H and O–H groups in total. The number of carbonyl (C=O) groups excluding carboxylic acids is 2. The number of likely N-dealkylation sites (tertiary alicyclic amines) is 1. The standard InChI is InChI=1S/C17H29N3O2/c1-13-7-6-8-14(2)20(13)16(22)12-19-17(11-15(21)18-19)9-4-3-5-10-17/h13-14H,3-12H2,1-2H3,(H,18,21)/t13-,14+. The van der Waals surface area contributed by atoms with Crippen molar-refractivity contribution in [1.82, 2.24) is 15.3 Å². The first-order valence-corrected chi connectivity index (χ1v) is 8.90. The van der Waals surface area contributed by atoms with Crippen LogP contribution in [0.25, 0.3) is 0 Å². The van der Waals surface area contributed by atoms with Gasteiger partial charge in [-0.2, -0.15) is 0 Å². The Morgan fingerprint density at radius 3 is 2.41 bits per heavy atom. The molecule has 3 rings (SSSR count). The lowest BCUT2D eigenvalue weighted by molar-refractivity contribution is -0.141. The molecule has 1 spiro atoms. The van der Waals surface area contributed by atoms with E-state index in [2.05, 4.69) is 19.3 Å². The van der Waals surface area contributed by atoms with Crippen LogP contribution in [0, 0.1) is 0 Å². The Bertz CT molecular complexity index is 435. The molecule has 0 radical (unpaired) electrons. The average Bonchev–Trinajstić information content (AvgIpc) is 2.74. The highest BCUT2D eigenvalue weighted by Gasteiger charge is 2.47.